The summed E-state index contributed by atoms with van der Waals surface area (Å²) in [6, 6.07) is 50.4. The summed E-state index contributed by atoms with van der Waals surface area (Å²) >= 11 is 3.84. The minimum Gasteiger partial charge on any atom is -0.448 e. The van der Waals surface area contributed by atoms with Crippen molar-refractivity contribution in [3.05, 3.63) is 238 Å². The Labute approximate surface area is 403 Å². The van der Waals surface area contributed by atoms with E-state index in [0.29, 0.717) is 10.7 Å². The van der Waals surface area contributed by atoms with Crippen LogP contribution in [0.1, 0.15) is 39.6 Å². The van der Waals surface area contributed by atoms with Gasteiger partial charge in [-0.25, -0.2) is 9.78 Å². The molecule has 2 aromatic heterocycles. The van der Waals surface area contributed by atoms with Crippen LogP contribution in [-0.4, -0.2) is 62.1 Å². The molecule has 9 rings (SSSR count). The molecular weight excluding hydrogens is 923 g/mol. The number of nitrogens with zero attached hydrogens (tertiary/aromatic N) is 4. The van der Waals surface area contributed by atoms with E-state index in [9.17, 15) is 23.2 Å². The molecule has 2 atom stereocenters. The number of aromatic nitrogens is 2. The van der Waals surface area contributed by atoms with Crippen molar-refractivity contribution in [2.75, 3.05) is 11.1 Å². The summed E-state index contributed by atoms with van der Waals surface area (Å²) in [4.78, 5) is 58.5. The number of anilines is 1. The minimum absolute atomic E-state index is 0.0213. The van der Waals surface area contributed by atoms with Gasteiger partial charge in [-0.2, -0.15) is 8.78 Å². The van der Waals surface area contributed by atoms with Crippen LogP contribution in [0, 0.1) is 0 Å². The van der Waals surface area contributed by atoms with Gasteiger partial charge in [-0.15, -0.1) is 23.1 Å². The van der Waals surface area contributed by atoms with E-state index in [0.717, 1.165) is 44.0 Å². The maximum atomic E-state index is 14.5. The van der Waals surface area contributed by atoms with Crippen molar-refractivity contribution in [3.8, 4) is 0 Å². The molecule has 0 bridgehead atoms. The third-order valence-corrected chi connectivity index (χ3v) is 14.0. The number of esters is 1. The Kier molecular flexibility index (Phi) is 14.2. The van der Waals surface area contributed by atoms with Crippen molar-refractivity contribution >= 4 is 63.5 Å². The number of thioether (sulfide) groups is 2. The number of thiazole rings is 1. The Morgan fingerprint density at radius 2 is 1.38 bits per heavy atom. The molecule has 68 heavy (non-hydrogen) atoms. The normalized spacial score (nSPS) is 16.1. The number of alkyl halides is 2. The number of halogens is 2. The fraction of sp³-hybridized carbons (Fsp3) is 0.115. The summed E-state index contributed by atoms with van der Waals surface area (Å²) in [7, 11) is 0. The van der Waals surface area contributed by atoms with E-state index in [1.54, 1.807) is 18.5 Å². The first-order valence-electron chi connectivity index (χ1n) is 21.3. The number of nitrogens with one attached hydrogen (secondary N) is 2. The highest BCUT2D eigenvalue weighted by Gasteiger charge is 2.55. The number of allylic oxidation sites excluding steroid dienone is 1. The molecule has 2 aliphatic rings. The Morgan fingerprint density at radius 3 is 1.93 bits per heavy atom. The number of pyridine rings is 1. The van der Waals surface area contributed by atoms with Crippen LogP contribution in [0.4, 0.5) is 13.9 Å². The highest BCUT2D eigenvalue weighted by atomic mass is 32.2. The second-order valence-electron chi connectivity index (χ2n) is 15.3. The van der Waals surface area contributed by atoms with Crippen molar-refractivity contribution in [2.45, 2.75) is 34.6 Å². The molecule has 4 heterocycles. The summed E-state index contributed by atoms with van der Waals surface area (Å²) < 4.78 is 33.5. The first-order valence-corrected chi connectivity index (χ1v) is 24.1. The van der Waals surface area contributed by atoms with E-state index in [2.05, 4.69) is 25.6 Å². The number of amides is 2. The van der Waals surface area contributed by atoms with Gasteiger partial charge >= 0.3 is 12.6 Å². The van der Waals surface area contributed by atoms with Crippen LogP contribution in [0.15, 0.2) is 214 Å². The molecule has 5 aromatic carbocycles. The van der Waals surface area contributed by atoms with Gasteiger partial charge in [0.15, 0.2) is 16.9 Å². The van der Waals surface area contributed by atoms with Crippen molar-refractivity contribution in [2.24, 2.45) is 5.16 Å². The molecule has 1 saturated heterocycles. The number of hydrogen-bond donors (Lipinski definition) is 2. The molecule has 2 N–H and O–H groups in total. The van der Waals surface area contributed by atoms with Crippen LogP contribution >= 0.6 is 34.9 Å². The van der Waals surface area contributed by atoms with Crippen LogP contribution in [0.5, 0.6) is 0 Å². The molecule has 0 aliphatic carbocycles. The Bertz CT molecular complexity index is 2810. The lowest BCUT2D eigenvalue weighted by atomic mass is 9.77. The molecule has 2 unspecified atom stereocenters. The molecule has 16 heteroatoms. The Balaban J connectivity index is 1.00. The number of β-lactam (4-membered cyclic amide) rings is 1. The van der Waals surface area contributed by atoms with Gasteiger partial charge in [-0.05, 0) is 57.0 Å². The minimum atomic E-state index is -3.36. The zero-order valence-electron chi connectivity index (χ0n) is 35.8. The van der Waals surface area contributed by atoms with Crippen molar-refractivity contribution in [3.63, 3.8) is 0 Å². The average molecular weight is 963 g/mol. The topological polar surface area (TPSA) is 135 Å². The number of oxime groups is 1. The monoisotopic (exact) mass is 962 g/mol. The fourth-order valence-corrected chi connectivity index (χ4v) is 10.7. The summed E-state index contributed by atoms with van der Waals surface area (Å²) in [6.45, 7) is -3.36. The number of hydrogen-bond acceptors (Lipinski definition) is 12. The molecule has 7 aromatic rings. The molecule has 0 saturated carbocycles. The van der Waals surface area contributed by atoms with Crippen LogP contribution < -0.4 is 10.6 Å². The molecule has 1 fully saturated rings. The number of benzene rings is 5. The van der Waals surface area contributed by atoms with E-state index in [4.69, 9.17) is 9.72 Å². The zero-order valence-corrected chi connectivity index (χ0v) is 38.3. The van der Waals surface area contributed by atoms with Crippen LogP contribution in [0.25, 0.3) is 0 Å². The second-order valence-corrected chi connectivity index (χ2v) is 18.2. The number of carbonyl (C=O) groups is 3. The lowest BCUT2D eigenvalue weighted by Crippen LogP contribution is -2.71. The van der Waals surface area contributed by atoms with Gasteiger partial charge in [0.25, 0.3) is 11.8 Å². The van der Waals surface area contributed by atoms with Crippen molar-refractivity contribution in [1.82, 2.24) is 20.2 Å². The number of rotatable bonds is 17. The summed E-state index contributed by atoms with van der Waals surface area (Å²) in [5.41, 5.74) is 3.02. The molecule has 11 nitrogen and oxygen atoms in total. The SMILES string of the molecule is O=C(OC(c1ccccc1)c1ccccc1)C1=C(/C=C/Sc2cccnc2)CSC2C(NC(=O)/C(=N\OC(F)F)c3csc(NC(c4ccccc4)(c4ccccc4)c4ccccc4)n3)C(=O)N12. The van der Waals surface area contributed by atoms with Gasteiger partial charge < -0.3 is 20.2 Å². The molecule has 0 radical (unpaired) electrons. The summed E-state index contributed by atoms with van der Waals surface area (Å²) in [6.07, 6.45) is 4.33. The quantitative estimate of drug-likeness (QED) is 0.0227. The molecule has 2 aliphatic heterocycles. The number of carbonyl (C=O) groups excluding carboxylic acids is 3. The van der Waals surface area contributed by atoms with E-state index in [-0.39, 0.29) is 17.1 Å². The second kappa shape index (κ2) is 21.1. The summed E-state index contributed by atoms with van der Waals surface area (Å²) in [5, 5.41) is 12.7. The zero-order chi connectivity index (χ0) is 46.9. The predicted octanol–water partition coefficient (Wildman–Crippen LogP) is 10.2. The van der Waals surface area contributed by atoms with Crippen molar-refractivity contribution in [1.29, 1.82) is 0 Å². The number of fused-ring (bicyclic) bond motifs is 1. The number of ether oxygens (including phenoxy) is 1. The van der Waals surface area contributed by atoms with Gasteiger partial charge in [0.05, 0.1) is 0 Å². The fourth-order valence-electron chi connectivity index (χ4n) is 8.01. The lowest BCUT2D eigenvalue weighted by Gasteiger charge is -2.49. The Morgan fingerprint density at radius 1 is 0.809 bits per heavy atom. The largest absolute Gasteiger partial charge is 0.448 e. The van der Waals surface area contributed by atoms with Gasteiger partial charge in [-0.3, -0.25) is 19.5 Å². The maximum Gasteiger partial charge on any atom is 0.407 e. The van der Waals surface area contributed by atoms with E-state index < -0.39 is 53.2 Å². The Hall–Kier alpha value is -7.40. The van der Waals surface area contributed by atoms with Gasteiger partial charge in [0.2, 0.25) is 0 Å². The highest BCUT2D eigenvalue weighted by Crippen LogP contribution is 2.43. The average Bonchev–Trinajstić information content (AvgIpc) is 3.85. The highest BCUT2D eigenvalue weighted by molar-refractivity contribution is 8.02. The third-order valence-electron chi connectivity index (χ3n) is 11.1. The lowest BCUT2D eigenvalue weighted by molar-refractivity contribution is -0.154. The molecule has 0 spiro atoms. The van der Waals surface area contributed by atoms with Crippen molar-refractivity contribution < 1.29 is 32.7 Å². The van der Waals surface area contributed by atoms with E-state index >= 15 is 0 Å². The van der Waals surface area contributed by atoms with Gasteiger partial charge in [0.1, 0.15) is 28.3 Å². The molecule has 2 amide bonds. The van der Waals surface area contributed by atoms with E-state index in [1.807, 2.05) is 169 Å². The van der Waals surface area contributed by atoms with Gasteiger partial charge in [-0.1, -0.05) is 169 Å². The van der Waals surface area contributed by atoms with Crippen LogP contribution in [0.3, 0.4) is 0 Å². The molecule has 340 valence electrons. The third kappa shape index (κ3) is 9.83. The first kappa shape index (κ1) is 45.7. The molecular formula is C52H40F2N6O5S3. The predicted molar refractivity (Wildman–Crippen MR) is 261 cm³/mol. The standard InChI is InChI=1S/C52H40F2N6O5S3/c53-50(54)65-59-42(41-33-68-51(56-41)58-52(37-21-10-3-11-22-37,38-23-12-4-13-24-38)39-25-14-5-15-26-39)46(61)57-43-47(62)60-44(36(32-67-48(43)60)28-30-66-40-27-16-29-55-31-40)49(63)64-45(34-17-6-1-7-18-34)35-19-8-2-9-20-35/h1-31,33,43,45,48,50H,32H2,(H,56,58)(H,57,61)/b30-28+,59-42-. The smallest absolute Gasteiger partial charge is 0.407 e. The first-order chi connectivity index (χ1) is 33.3. The van der Waals surface area contributed by atoms with Crippen LogP contribution in [0.2, 0.25) is 0 Å². The maximum absolute atomic E-state index is 14.5. The summed E-state index contributed by atoms with van der Waals surface area (Å²) in [5.74, 6) is -2.08. The van der Waals surface area contributed by atoms with E-state index in [1.165, 1.54) is 33.8 Å². The van der Waals surface area contributed by atoms with Gasteiger partial charge in [0, 0.05) is 28.4 Å². The van der Waals surface area contributed by atoms with Crippen LogP contribution in [-0.2, 0) is 29.5 Å².